The average molecular weight is 360 g/mol. The summed E-state index contributed by atoms with van der Waals surface area (Å²) in [5, 5.41) is 3.63. The second kappa shape index (κ2) is 7.01. The number of fused-ring (bicyclic) bond motifs is 1. The predicted molar refractivity (Wildman–Crippen MR) is 103 cm³/mol. The summed E-state index contributed by atoms with van der Waals surface area (Å²) in [4.78, 5) is 25.9. The third kappa shape index (κ3) is 3.19. The fourth-order valence-corrected chi connectivity index (χ4v) is 3.67. The minimum Gasteiger partial charge on any atom is -0.347 e. The summed E-state index contributed by atoms with van der Waals surface area (Å²) in [6.07, 6.45) is 3.11. The summed E-state index contributed by atoms with van der Waals surface area (Å²) in [5.74, 6) is -0.254. The van der Waals surface area contributed by atoms with E-state index in [-0.39, 0.29) is 5.91 Å². The van der Waals surface area contributed by atoms with E-state index >= 15 is 0 Å². The van der Waals surface area contributed by atoms with Crippen LogP contribution in [0.15, 0.2) is 60.9 Å². The van der Waals surface area contributed by atoms with Crippen LogP contribution in [0.3, 0.4) is 0 Å². The zero-order valence-corrected chi connectivity index (χ0v) is 15.0. The molecule has 5 nitrogen and oxygen atoms in total. The topological polar surface area (TPSA) is 67.8 Å². The van der Waals surface area contributed by atoms with Gasteiger partial charge in [0.2, 0.25) is 0 Å². The Kier molecular flexibility index (Phi) is 4.41. The lowest BCUT2D eigenvalue weighted by Crippen LogP contribution is -2.25. The van der Waals surface area contributed by atoms with Crippen LogP contribution >= 0.6 is 11.3 Å². The van der Waals surface area contributed by atoms with Crippen molar-refractivity contribution in [2.24, 2.45) is 0 Å². The van der Waals surface area contributed by atoms with E-state index in [0.717, 1.165) is 21.3 Å². The summed E-state index contributed by atoms with van der Waals surface area (Å²) in [5.41, 5.74) is 3.91. The van der Waals surface area contributed by atoms with Gasteiger partial charge in [-0.15, -0.1) is 11.3 Å². The van der Waals surface area contributed by atoms with Gasteiger partial charge in [0.05, 0.1) is 10.2 Å². The van der Waals surface area contributed by atoms with Gasteiger partial charge in [-0.2, -0.15) is 0 Å². The number of nitrogens with one attached hydrogen (secondary N) is 1. The lowest BCUT2D eigenvalue weighted by molar-refractivity contribution is 0.0946. The van der Waals surface area contributed by atoms with Crippen molar-refractivity contribution in [2.45, 2.75) is 13.5 Å². The maximum Gasteiger partial charge on any atom is 0.272 e. The predicted octanol–water partition coefficient (Wildman–Crippen LogP) is 3.99. The van der Waals surface area contributed by atoms with Crippen molar-refractivity contribution in [1.29, 1.82) is 0 Å². The molecule has 2 aromatic heterocycles. The van der Waals surface area contributed by atoms with Crippen LogP contribution in [0, 0.1) is 6.92 Å². The smallest absolute Gasteiger partial charge is 0.272 e. The number of aryl methyl sites for hydroxylation is 1. The zero-order chi connectivity index (χ0) is 17.9. The molecule has 128 valence electrons. The molecule has 0 aliphatic rings. The van der Waals surface area contributed by atoms with E-state index in [4.69, 9.17) is 0 Å². The largest absolute Gasteiger partial charge is 0.347 e. The summed E-state index contributed by atoms with van der Waals surface area (Å²) < 4.78 is 1.06. The third-order valence-electron chi connectivity index (χ3n) is 4.11. The second-order valence-electron chi connectivity index (χ2n) is 5.85. The molecule has 1 amide bonds. The molecule has 2 aromatic carbocycles. The normalized spacial score (nSPS) is 10.8. The first-order valence-corrected chi connectivity index (χ1v) is 9.03. The van der Waals surface area contributed by atoms with Gasteiger partial charge in [0.15, 0.2) is 5.69 Å². The second-order valence-corrected chi connectivity index (χ2v) is 6.88. The van der Waals surface area contributed by atoms with E-state index in [1.165, 1.54) is 17.5 Å². The number of carbonyl (C=O) groups excluding carboxylic acids is 1. The standard InChI is InChI=1S/C20H16N4OS/c1-13-6-2-3-7-14(13)12-23-19(25)17-18(22-11-10-21-17)20-24-15-8-4-5-9-16(15)26-20/h2-11H,12H2,1H3,(H,23,25). The fraction of sp³-hybridized carbons (Fsp3) is 0.100. The third-order valence-corrected chi connectivity index (χ3v) is 5.15. The SMILES string of the molecule is Cc1ccccc1CNC(=O)c1nccnc1-c1nc2ccccc2s1. The number of carbonyl (C=O) groups is 1. The Labute approximate surface area is 154 Å². The highest BCUT2D eigenvalue weighted by molar-refractivity contribution is 7.21. The molecule has 0 fully saturated rings. The Morgan fingerprint density at radius 3 is 2.65 bits per heavy atom. The summed E-state index contributed by atoms with van der Waals surface area (Å²) in [6, 6.07) is 15.8. The van der Waals surface area contributed by atoms with Gasteiger partial charge >= 0.3 is 0 Å². The van der Waals surface area contributed by atoms with Crippen LogP contribution in [0.2, 0.25) is 0 Å². The Balaban J connectivity index is 1.63. The van der Waals surface area contributed by atoms with Crippen molar-refractivity contribution in [3.05, 3.63) is 77.7 Å². The molecular weight excluding hydrogens is 344 g/mol. The van der Waals surface area contributed by atoms with Crippen LogP contribution in [-0.2, 0) is 6.54 Å². The van der Waals surface area contributed by atoms with Gasteiger partial charge in [-0.1, -0.05) is 36.4 Å². The van der Waals surface area contributed by atoms with Crippen LogP contribution in [0.25, 0.3) is 20.9 Å². The number of rotatable bonds is 4. The molecule has 0 aliphatic heterocycles. The molecule has 0 saturated carbocycles. The van der Waals surface area contributed by atoms with E-state index in [9.17, 15) is 4.79 Å². The van der Waals surface area contributed by atoms with Crippen LogP contribution in [-0.4, -0.2) is 20.9 Å². The maximum absolute atomic E-state index is 12.7. The highest BCUT2D eigenvalue weighted by Gasteiger charge is 2.18. The Bertz CT molecular complexity index is 1060. The molecule has 4 rings (SSSR count). The lowest BCUT2D eigenvalue weighted by Gasteiger charge is -2.09. The summed E-state index contributed by atoms with van der Waals surface area (Å²) in [6.45, 7) is 2.47. The molecule has 6 heteroatoms. The monoisotopic (exact) mass is 360 g/mol. The first kappa shape index (κ1) is 16.4. The van der Waals surface area contributed by atoms with Crippen molar-refractivity contribution in [3.8, 4) is 10.7 Å². The Morgan fingerprint density at radius 1 is 1.04 bits per heavy atom. The fourth-order valence-electron chi connectivity index (χ4n) is 2.70. The quantitative estimate of drug-likeness (QED) is 0.597. The van der Waals surface area contributed by atoms with Crippen molar-refractivity contribution >= 4 is 27.5 Å². The number of amides is 1. The number of hydrogen-bond donors (Lipinski definition) is 1. The van der Waals surface area contributed by atoms with Crippen molar-refractivity contribution in [1.82, 2.24) is 20.3 Å². The molecule has 2 heterocycles. The molecule has 0 unspecified atom stereocenters. The number of para-hydroxylation sites is 1. The van der Waals surface area contributed by atoms with E-state index in [0.29, 0.717) is 22.9 Å². The first-order chi connectivity index (χ1) is 12.7. The maximum atomic E-state index is 12.7. The van der Waals surface area contributed by atoms with Gasteiger partial charge in [-0.05, 0) is 30.2 Å². The van der Waals surface area contributed by atoms with E-state index in [2.05, 4.69) is 20.3 Å². The van der Waals surface area contributed by atoms with Gasteiger partial charge < -0.3 is 5.32 Å². The number of hydrogen-bond acceptors (Lipinski definition) is 5. The Morgan fingerprint density at radius 2 is 1.81 bits per heavy atom. The van der Waals surface area contributed by atoms with Gasteiger partial charge in [0, 0.05) is 18.9 Å². The number of thiazole rings is 1. The molecule has 0 atom stereocenters. The van der Waals surface area contributed by atoms with Crippen LogP contribution in [0.5, 0.6) is 0 Å². The molecule has 26 heavy (non-hydrogen) atoms. The minimum absolute atomic E-state index is 0.254. The van der Waals surface area contributed by atoms with E-state index in [1.807, 2.05) is 55.5 Å². The number of aromatic nitrogens is 3. The first-order valence-electron chi connectivity index (χ1n) is 8.22. The molecule has 0 radical (unpaired) electrons. The average Bonchev–Trinajstić information content (AvgIpc) is 3.11. The van der Waals surface area contributed by atoms with E-state index < -0.39 is 0 Å². The van der Waals surface area contributed by atoms with Crippen LogP contribution in [0.1, 0.15) is 21.6 Å². The number of benzene rings is 2. The molecule has 0 spiro atoms. The zero-order valence-electron chi connectivity index (χ0n) is 14.1. The molecule has 0 aliphatic carbocycles. The van der Waals surface area contributed by atoms with Crippen LogP contribution < -0.4 is 5.32 Å². The van der Waals surface area contributed by atoms with Gasteiger partial charge in [-0.3, -0.25) is 4.79 Å². The molecule has 1 N–H and O–H groups in total. The van der Waals surface area contributed by atoms with Gasteiger partial charge in [0.1, 0.15) is 10.7 Å². The lowest BCUT2D eigenvalue weighted by atomic mass is 10.1. The minimum atomic E-state index is -0.254. The highest BCUT2D eigenvalue weighted by atomic mass is 32.1. The molecule has 4 aromatic rings. The highest BCUT2D eigenvalue weighted by Crippen LogP contribution is 2.30. The molecule has 0 saturated heterocycles. The van der Waals surface area contributed by atoms with Gasteiger partial charge in [0.25, 0.3) is 5.91 Å². The molecular formula is C20H16N4OS. The number of nitrogens with zero attached hydrogens (tertiary/aromatic N) is 3. The van der Waals surface area contributed by atoms with Crippen LogP contribution in [0.4, 0.5) is 0 Å². The van der Waals surface area contributed by atoms with Crippen molar-refractivity contribution < 1.29 is 4.79 Å². The van der Waals surface area contributed by atoms with E-state index in [1.54, 1.807) is 6.20 Å². The Hall–Kier alpha value is -3.12. The summed E-state index contributed by atoms with van der Waals surface area (Å²) in [7, 11) is 0. The van der Waals surface area contributed by atoms with Crippen molar-refractivity contribution in [2.75, 3.05) is 0 Å². The summed E-state index contributed by atoms with van der Waals surface area (Å²) >= 11 is 1.51. The van der Waals surface area contributed by atoms with Crippen molar-refractivity contribution in [3.63, 3.8) is 0 Å². The van der Waals surface area contributed by atoms with Gasteiger partial charge in [-0.25, -0.2) is 15.0 Å². The molecule has 0 bridgehead atoms.